The molecule has 0 spiro atoms. The van der Waals surface area contributed by atoms with Crippen molar-refractivity contribution in [1.29, 1.82) is 0 Å². The lowest BCUT2D eigenvalue weighted by atomic mass is 9.33. The van der Waals surface area contributed by atoms with E-state index in [0.29, 0.717) is 5.56 Å². The summed E-state index contributed by atoms with van der Waals surface area (Å²) in [6.07, 6.45) is -4.47. The highest BCUT2D eigenvalue weighted by Crippen LogP contribution is 2.49. The lowest BCUT2D eigenvalue weighted by Gasteiger charge is -2.45. The molecule has 0 unspecified atom stereocenters. The van der Waals surface area contributed by atoms with Gasteiger partial charge >= 0.3 is 6.18 Å². The van der Waals surface area contributed by atoms with E-state index < -0.39 is 11.7 Å². The van der Waals surface area contributed by atoms with Gasteiger partial charge in [0.25, 0.3) is 6.71 Å². The van der Waals surface area contributed by atoms with Crippen molar-refractivity contribution < 1.29 is 13.2 Å². The van der Waals surface area contributed by atoms with Crippen LogP contribution in [-0.4, -0.2) is 11.3 Å². The van der Waals surface area contributed by atoms with Crippen molar-refractivity contribution in [3.8, 4) is 27.9 Å². The standard InChI is InChI=1S/C71H67BF3N3/c1-67(2,3)48-38-49(68(4,5)6)41-52(40-48)76-62-30-19-15-26-57(62)72-58-27-16-20-31-63(58)77(53-42-50(69(7,8)9)39-51(43-53)70(10,11)12)65-37-46(36-64(76)66(65)72)44-32-33-61-56(35-44)55-25-14-18-29-60(55)78(61)59-28-17-13-24-54(59)45-22-21-23-47(34-45)71(73,74)75/h13-43H,1-12H3. The van der Waals surface area contributed by atoms with Crippen LogP contribution in [0.2, 0.25) is 0 Å². The summed E-state index contributed by atoms with van der Waals surface area (Å²) in [5.41, 5.74) is 20.8. The van der Waals surface area contributed by atoms with Crippen LogP contribution in [0.5, 0.6) is 0 Å². The quantitative estimate of drug-likeness (QED) is 0.159. The van der Waals surface area contributed by atoms with Crippen LogP contribution in [0.25, 0.3) is 49.7 Å². The van der Waals surface area contributed by atoms with Crippen LogP contribution in [0.3, 0.4) is 0 Å². The Labute approximate surface area is 459 Å². The van der Waals surface area contributed by atoms with E-state index in [1.165, 1.54) is 50.8 Å². The number of alkyl halides is 3. The van der Waals surface area contributed by atoms with Gasteiger partial charge in [-0.05, 0) is 162 Å². The van der Waals surface area contributed by atoms with Gasteiger partial charge in [-0.3, -0.25) is 0 Å². The molecule has 12 rings (SSSR count). The normalized spacial score (nSPS) is 13.8. The van der Waals surface area contributed by atoms with E-state index >= 15 is 0 Å². The second-order valence-corrected chi connectivity index (χ2v) is 25.9. The summed E-state index contributed by atoms with van der Waals surface area (Å²) in [4.78, 5) is 5.10. The minimum Gasteiger partial charge on any atom is -0.311 e. The van der Waals surface area contributed by atoms with Crippen molar-refractivity contribution in [2.45, 2.75) is 111 Å². The zero-order valence-corrected chi connectivity index (χ0v) is 47.0. The lowest BCUT2D eigenvalue weighted by molar-refractivity contribution is -0.137. The fraction of sp³-hybridized carbons (Fsp3) is 0.239. The number of halogens is 3. The molecule has 10 aromatic rings. The van der Waals surface area contributed by atoms with E-state index in [0.717, 1.165) is 84.4 Å². The number of benzene rings is 9. The average molecular weight is 1030 g/mol. The first kappa shape index (κ1) is 51.0. The summed E-state index contributed by atoms with van der Waals surface area (Å²) in [6, 6.07) is 66.0. The van der Waals surface area contributed by atoms with Gasteiger partial charge in [0.05, 0.1) is 22.3 Å². The molecule has 78 heavy (non-hydrogen) atoms. The minimum atomic E-state index is -4.47. The topological polar surface area (TPSA) is 11.4 Å². The van der Waals surface area contributed by atoms with Crippen LogP contribution in [-0.2, 0) is 27.8 Å². The first-order valence-corrected chi connectivity index (χ1v) is 27.4. The van der Waals surface area contributed by atoms with Crippen LogP contribution in [0, 0.1) is 0 Å². The van der Waals surface area contributed by atoms with Crippen LogP contribution < -0.4 is 26.2 Å². The Morgan fingerprint density at radius 3 is 1.31 bits per heavy atom. The Hall–Kier alpha value is -7.77. The van der Waals surface area contributed by atoms with Crippen molar-refractivity contribution in [1.82, 2.24) is 4.57 Å². The molecule has 0 atom stereocenters. The third kappa shape index (κ3) is 8.61. The Morgan fingerprint density at radius 1 is 0.333 bits per heavy atom. The summed E-state index contributed by atoms with van der Waals surface area (Å²) in [7, 11) is 0. The molecule has 0 aliphatic carbocycles. The van der Waals surface area contributed by atoms with E-state index in [9.17, 15) is 13.2 Å². The van der Waals surface area contributed by atoms with Crippen molar-refractivity contribution >= 4 is 79.0 Å². The number of hydrogen-bond donors (Lipinski definition) is 0. The molecule has 2 aliphatic rings. The van der Waals surface area contributed by atoms with Gasteiger partial charge < -0.3 is 14.4 Å². The Bertz CT molecular complexity index is 3830. The molecule has 0 saturated heterocycles. The summed E-state index contributed by atoms with van der Waals surface area (Å²) in [5, 5.41) is 2.11. The monoisotopic (exact) mass is 1030 g/mol. The molecule has 3 nitrogen and oxygen atoms in total. The Morgan fingerprint density at radius 2 is 0.795 bits per heavy atom. The fourth-order valence-electron chi connectivity index (χ4n) is 12.0. The summed E-state index contributed by atoms with van der Waals surface area (Å²) < 4.78 is 44.8. The maximum absolute atomic E-state index is 14.2. The molecule has 2 aliphatic heterocycles. The molecule has 9 aromatic carbocycles. The first-order valence-electron chi connectivity index (χ1n) is 27.4. The molecule has 0 radical (unpaired) electrons. The second-order valence-electron chi connectivity index (χ2n) is 25.9. The van der Waals surface area contributed by atoms with Crippen molar-refractivity contribution in [2.75, 3.05) is 9.80 Å². The minimum absolute atomic E-state index is 0.0536. The van der Waals surface area contributed by atoms with Gasteiger partial charge in [-0.25, -0.2) is 0 Å². The number of nitrogens with zero attached hydrogens (tertiary/aromatic N) is 3. The fourth-order valence-corrected chi connectivity index (χ4v) is 12.0. The maximum Gasteiger partial charge on any atom is 0.416 e. The number of rotatable bonds is 5. The van der Waals surface area contributed by atoms with E-state index in [2.05, 4.69) is 231 Å². The Kier molecular flexibility index (Phi) is 11.7. The predicted molar refractivity (Wildman–Crippen MR) is 325 cm³/mol. The van der Waals surface area contributed by atoms with Crippen LogP contribution in [0.4, 0.5) is 47.3 Å². The third-order valence-corrected chi connectivity index (χ3v) is 16.4. The molecule has 7 heteroatoms. The summed E-state index contributed by atoms with van der Waals surface area (Å²) in [6.45, 7) is 27.7. The number of aromatic nitrogens is 1. The molecular weight excluding hydrogens is 963 g/mol. The average Bonchev–Trinajstić information content (AvgIpc) is 3.89. The van der Waals surface area contributed by atoms with E-state index in [-0.39, 0.29) is 28.4 Å². The largest absolute Gasteiger partial charge is 0.416 e. The maximum atomic E-state index is 14.2. The Balaban J connectivity index is 1.16. The molecular formula is C71H67BF3N3. The lowest BCUT2D eigenvalue weighted by Crippen LogP contribution is -2.61. The molecule has 0 bridgehead atoms. The molecule has 1 aromatic heterocycles. The number of fused-ring (bicyclic) bond motifs is 7. The van der Waals surface area contributed by atoms with Crippen LogP contribution in [0.1, 0.15) is 111 Å². The van der Waals surface area contributed by atoms with Gasteiger partial charge in [0, 0.05) is 50.5 Å². The van der Waals surface area contributed by atoms with Crippen molar-refractivity contribution in [3.05, 3.63) is 216 Å². The van der Waals surface area contributed by atoms with E-state index in [1.54, 1.807) is 6.07 Å². The third-order valence-electron chi connectivity index (χ3n) is 16.4. The van der Waals surface area contributed by atoms with Gasteiger partial charge in [0.1, 0.15) is 0 Å². The van der Waals surface area contributed by atoms with Gasteiger partial charge in [0.15, 0.2) is 0 Å². The highest BCUT2D eigenvalue weighted by molar-refractivity contribution is 7.00. The highest BCUT2D eigenvalue weighted by atomic mass is 19.4. The van der Waals surface area contributed by atoms with Crippen LogP contribution >= 0.6 is 0 Å². The van der Waals surface area contributed by atoms with Gasteiger partial charge in [-0.1, -0.05) is 186 Å². The summed E-state index contributed by atoms with van der Waals surface area (Å²) in [5.74, 6) is 0. The van der Waals surface area contributed by atoms with Gasteiger partial charge in [-0.15, -0.1) is 0 Å². The van der Waals surface area contributed by atoms with Crippen molar-refractivity contribution in [3.63, 3.8) is 0 Å². The smallest absolute Gasteiger partial charge is 0.311 e. The number of hydrogen-bond acceptors (Lipinski definition) is 2. The first-order chi connectivity index (χ1) is 36.8. The SMILES string of the molecule is CC(C)(C)c1cc(N2c3ccccc3B3c4ccccc4N(c4cc(C(C)(C)C)cc(C(C)(C)C)c4)c4cc(-c5ccc6c(c5)c5ccccc5n6-c5ccccc5-c5cccc(C(F)(F)F)c5)cc2c43)cc(C(C)(C)C)c1. The molecule has 0 fully saturated rings. The summed E-state index contributed by atoms with van der Waals surface area (Å²) >= 11 is 0. The van der Waals surface area contributed by atoms with Gasteiger partial charge in [-0.2, -0.15) is 13.2 Å². The van der Waals surface area contributed by atoms with Crippen molar-refractivity contribution in [2.24, 2.45) is 0 Å². The molecule has 0 amide bonds. The van der Waals surface area contributed by atoms with E-state index in [4.69, 9.17) is 0 Å². The highest BCUT2D eigenvalue weighted by Gasteiger charge is 2.44. The second kappa shape index (κ2) is 17.9. The van der Waals surface area contributed by atoms with E-state index in [1.807, 2.05) is 30.3 Å². The zero-order chi connectivity index (χ0) is 55.0. The molecule has 0 N–H and O–H groups in total. The predicted octanol–water partition coefficient (Wildman–Crippen LogP) is 18.4. The molecule has 3 heterocycles. The van der Waals surface area contributed by atoms with Crippen LogP contribution in [0.15, 0.2) is 188 Å². The van der Waals surface area contributed by atoms with Gasteiger partial charge in [0.2, 0.25) is 0 Å². The number of anilines is 6. The number of para-hydroxylation sites is 4. The molecule has 390 valence electrons. The molecule has 0 saturated carbocycles. The zero-order valence-electron chi connectivity index (χ0n) is 47.0.